The van der Waals surface area contributed by atoms with Crippen molar-refractivity contribution in [1.29, 1.82) is 0 Å². The quantitative estimate of drug-likeness (QED) is 0.0270. The average Bonchev–Trinajstić information content (AvgIpc) is 3.19. The van der Waals surface area contributed by atoms with Gasteiger partial charge in [-0.05, 0) is 64.2 Å². The van der Waals surface area contributed by atoms with Crippen LogP contribution in [0, 0.1) is 0 Å². The molecule has 328 valence electrons. The van der Waals surface area contributed by atoms with Crippen LogP contribution in [-0.2, 0) is 28.5 Å². The van der Waals surface area contributed by atoms with E-state index in [2.05, 4.69) is 38.2 Å². The van der Waals surface area contributed by atoms with Crippen molar-refractivity contribution in [2.75, 3.05) is 19.8 Å². The van der Waals surface area contributed by atoms with E-state index < -0.39 is 49.4 Å². The Kier molecular flexibility index (Phi) is 34.9. The number of hydrogen-bond donors (Lipinski definition) is 4. The normalized spacial score (nSPS) is 20.6. The molecular formula is C46H84O10. The summed E-state index contributed by atoms with van der Waals surface area (Å²) < 4.78 is 22.1. The first-order valence-electron chi connectivity index (χ1n) is 22.9. The number of carbonyl (C=O) groups is 2. The van der Waals surface area contributed by atoms with E-state index in [1.165, 1.54) is 103 Å². The molecule has 4 N–H and O–H groups in total. The molecule has 0 spiro atoms. The molecule has 0 saturated carbocycles. The lowest BCUT2D eigenvalue weighted by Gasteiger charge is -2.39. The molecule has 0 bridgehead atoms. The summed E-state index contributed by atoms with van der Waals surface area (Å²) in [7, 11) is 0. The third-order valence-electron chi connectivity index (χ3n) is 10.6. The van der Waals surface area contributed by atoms with Gasteiger partial charge in [-0.3, -0.25) is 9.59 Å². The van der Waals surface area contributed by atoms with Gasteiger partial charge in [0.05, 0.1) is 13.2 Å². The molecule has 0 radical (unpaired) electrons. The summed E-state index contributed by atoms with van der Waals surface area (Å²) in [6.45, 7) is 3.39. The minimum Gasteiger partial charge on any atom is -0.462 e. The molecule has 0 aromatic rings. The Morgan fingerprint density at radius 2 is 0.946 bits per heavy atom. The number of esters is 2. The van der Waals surface area contributed by atoms with E-state index in [4.69, 9.17) is 18.9 Å². The highest BCUT2D eigenvalue weighted by Gasteiger charge is 2.44. The van der Waals surface area contributed by atoms with Gasteiger partial charge in [0, 0.05) is 12.8 Å². The number of rotatable bonds is 38. The Hall–Kier alpha value is -1.82. The number of ether oxygens (including phenoxy) is 4. The van der Waals surface area contributed by atoms with E-state index in [0.29, 0.717) is 12.8 Å². The van der Waals surface area contributed by atoms with Crippen molar-refractivity contribution in [1.82, 2.24) is 0 Å². The number of unbranched alkanes of at least 4 members (excludes halogenated alkanes) is 23. The second-order valence-electron chi connectivity index (χ2n) is 15.8. The van der Waals surface area contributed by atoms with Gasteiger partial charge in [-0.2, -0.15) is 0 Å². The van der Waals surface area contributed by atoms with Gasteiger partial charge in [0.25, 0.3) is 0 Å². The topological polar surface area (TPSA) is 152 Å². The molecule has 2 unspecified atom stereocenters. The summed E-state index contributed by atoms with van der Waals surface area (Å²) in [5, 5.41) is 40.1. The lowest BCUT2D eigenvalue weighted by atomic mass is 9.99. The zero-order valence-corrected chi connectivity index (χ0v) is 35.6. The Morgan fingerprint density at radius 3 is 1.43 bits per heavy atom. The van der Waals surface area contributed by atoms with E-state index >= 15 is 0 Å². The van der Waals surface area contributed by atoms with Crippen LogP contribution in [0.25, 0.3) is 0 Å². The molecule has 0 aliphatic carbocycles. The van der Waals surface area contributed by atoms with Gasteiger partial charge in [-0.15, -0.1) is 0 Å². The van der Waals surface area contributed by atoms with E-state index in [1.807, 2.05) is 0 Å². The second-order valence-corrected chi connectivity index (χ2v) is 15.8. The van der Waals surface area contributed by atoms with Crippen molar-refractivity contribution in [3.63, 3.8) is 0 Å². The highest BCUT2D eigenvalue weighted by Crippen LogP contribution is 2.23. The summed E-state index contributed by atoms with van der Waals surface area (Å²) in [6, 6.07) is 0. The number of aliphatic hydroxyl groups is 4. The average molecular weight is 797 g/mol. The van der Waals surface area contributed by atoms with Crippen LogP contribution in [0.5, 0.6) is 0 Å². The van der Waals surface area contributed by atoms with E-state index in [-0.39, 0.29) is 32.0 Å². The second kappa shape index (κ2) is 37.5. The molecule has 10 heteroatoms. The van der Waals surface area contributed by atoms with Gasteiger partial charge in [0.2, 0.25) is 0 Å². The molecule has 0 aromatic carbocycles. The first kappa shape index (κ1) is 52.2. The molecule has 1 aliphatic rings. The van der Waals surface area contributed by atoms with Gasteiger partial charge >= 0.3 is 11.9 Å². The zero-order valence-electron chi connectivity index (χ0n) is 35.6. The predicted molar refractivity (Wildman–Crippen MR) is 224 cm³/mol. The lowest BCUT2D eigenvalue weighted by molar-refractivity contribution is -0.305. The Labute approximate surface area is 341 Å². The number of aliphatic hydroxyl groups excluding tert-OH is 4. The van der Waals surface area contributed by atoms with Crippen LogP contribution in [0.1, 0.15) is 200 Å². The fraction of sp³-hybridized carbons (Fsp3) is 0.870. The minimum absolute atomic E-state index is 0.220. The summed E-state index contributed by atoms with van der Waals surface area (Å²) in [6.07, 6.45) is 33.3. The molecule has 6 atom stereocenters. The number of hydrogen-bond acceptors (Lipinski definition) is 10. The maximum atomic E-state index is 12.8. The molecule has 1 rings (SSSR count). The first-order chi connectivity index (χ1) is 27.3. The van der Waals surface area contributed by atoms with Gasteiger partial charge in [-0.25, -0.2) is 0 Å². The first-order valence-corrected chi connectivity index (χ1v) is 22.9. The Balaban J connectivity index is 2.30. The van der Waals surface area contributed by atoms with Crippen molar-refractivity contribution >= 4 is 11.9 Å². The van der Waals surface area contributed by atoms with E-state index in [1.54, 1.807) is 0 Å². The molecular weight excluding hydrogens is 712 g/mol. The van der Waals surface area contributed by atoms with Crippen molar-refractivity contribution in [3.8, 4) is 0 Å². The largest absolute Gasteiger partial charge is 0.462 e. The maximum absolute atomic E-state index is 12.8. The summed E-state index contributed by atoms with van der Waals surface area (Å²) in [4.78, 5) is 25.3. The molecule has 56 heavy (non-hydrogen) atoms. The standard InChI is InChI=1S/C46H84O10/c1-3-5-7-9-11-13-15-17-18-19-20-21-22-23-25-27-29-31-33-35-42(49)55-39(38-54-46-45(52)44(51)43(50)40(36-47)56-46)37-53-41(48)34-32-30-28-26-24-16-14-12-10-8-6-4-2/h12,14,17-18,39-40,43-47,50-52H,3-11,13,15-16,19-38H2,1-2H3/b14-12+,18-17+/t39-,40-,43+,44?,45?,46-/m1/s1. The summed E-state index contributed by atoms with van der Waals surface area (Å²) >= 11 is 0. The van der Waals surface area contributed by atoms with Crippen LogP contribution >= 0.6 is 0 Å². The Morgan fingerprint density at radius 1 is 0.536 bits per heavy atom. The maximum Gasteiger partial charge on any atom is 0.306 e. The van der Waals surface area contributed by atoms with Crippen molar-refractivity contribution in [2.24, 2.45) is 0 Å². The number of carbonyl (C=O) groups excluding carboxylic acids is 2. The molecule has 1 fully saturated rings. The number of allylic oxidation sites excluding steroid dienone is 4. The highest BCUT2D eigenvalue weighted by molar-refractivity contribution is 5.70. The van der Waals surface area contributed by atoms with Crippen LogP contribution < -0.4 is 0 Å². The summed E-state index contributed by atoms with van der Waals surface area (Å²) in [5.74, 6) is -0.815. The van der Waals surface area contributed by atoms with E-state index in [0.717, 1.165) is 57.8 Å². The van der Waals surface area contributed by atoms with Crippen molar-refractivity contribution in [2.45, 2.75) is 237 Å². The SMILES string of the molecule is CCCCC/C=C/CCCCCCCC(=O)OC[C@H](CO[C@@H]1O[C@H](CO)[C@H](O)C(O)C1O)OC(=O)CCCCCCCCCCC/C=C/CCCCCCCC. The third kappa shape index (κ3) is 28.6. The van der Waals surface area contributed by atoms with Gasteiger partial charge in [-0.1, -0.05) is 147 Å². The van der Waals surface area contributed by atoms with Gasteiger partial charge < -0.3 is 39.4 Å². The molecule has 1 saturated heterocycles. The lowest BCUT2D eigenvalue weighted by Crippen LogP contribution is -2.59. The smallest absolute Gasteiger partial charge is 0.306 e. The highest BCUT2D eigenvalue weighted by atomic mass is 16.7. The fourth-order valence-electron chi connectivity index (χ4n) is 6.88. The Bertz CT molecular complexity index is 970. The van der Waals surface area contributed by atoms with Crippen LogP contribution in [0.3, 0.4) is 0 Å². The molecule has 0 aromatic heterocycles. The monoisotopic (exact) mass is 797 g/mol. The molecule has 1 heterocycles. The molecule has 0 amide bonds. The zero-order chi connectivity index (χ0) is 40.9. The van der Waals surface area contributed by atoms with Crippen LogP contribution in [0.4, 0.5) is 0 Å². The van der Waals surface area contributed by atoms with Crippen molar-refractivity contribution in [3.05, 3.63) is 24.3 Å². The summed E-state index contributed by atoms with van der Waals surface area (Å²) in [5.41, 5.74) is 0. The fourth-order valence-corrected chi connectivity index (χ4v) is 6.88. The van der Waals surface area contributed by atoms with Crippen LogP contribution in [0.15, 0.2) is 24.3 Å². The predicted octanol–water partition coefficient (Wildman–Crippen LogP) is 9.72. The van der Waals surface area contributed by atoms with Gasteiger partial charge in [0.15, 0.2) is 12.4 Å². The van der Waals surface area contributed by atoms with Crippen molar-refractivity contribution < 1.29 is 49.0 Å². The van der Waals surface area contributed by atoms with Gasteiger partial charge in [0.1, 0.15) is 31.0 Å². The minimum atomic E-state index is -1.59. The van der Waals surface area contributed by atoms with E-state index in [9.17, 15) is 30.0 Å². The molecule has 1 aliphatic heterocycles. The third-order valence-corrected chi connectivity index (χ3v) is 10.6. The van der Waals surface area contributed by atoms with Crippen LogP contribution in [0.2, 0.25) is 0 Å². The van der Waals surface area contributed by atoms with Crippen LogP contribution in [-0.4, -0.2) is 89.0 Å². The molecule has 10 nitrogen and oxygen atoms in total.